The van der Waals surface area contributed by atoms with Crippen molar-refractivity contribution < 1.29 is 0 Å². The third-order valence-electron chi connectivity index (χ3n) is 2.04. The van der Waals surface area contributed by atoms with Crippen molar-refractivity contribution in [3.05, 3.63) is 45.0 Å². The molecule has 0 unspecified atom stereocenters. The van der Waals surface area contributed by atoms with Crippen LogP contribution in [0.25, 0.3) is 0 Å². The van der Waals surface area contributed by atoms with Crippen LogP contribution < -0.4 is 11.3 Å². The van der Waals surface area contributed by atoms with E-state index in [2.05, 4.69) is 5.10 Å². The molecule has 0 aromatic carbocycles. The molecule has 4 nitrogen and oxygen atoms in total. The minimum Gasteiger partial charge on any atom is -0.397 e. The Balaban J connectivity index is 2.09. The largest absolute Gasteiger partial charge is 0.397 e. The summed E-state index contributed by atoms with van der Waals surface area (Å²) in [6.07, 6.45) is 2.32. The lowest BCUT2D eigenvalue weighted by Crippen LogP contribution is -2.23. The maximum atomic E-state index is 11.4. The number of aryl methyl sites for hydroxylation is 2. The number of aromatic nitrogens is 2. The molecule has 0 bridgehead atoms. The number of thiophene rings is 1. The Morgan fingerprint density at radius 1 is 1.53 bits per heavy atom. The maximum absolute atomic E-state index is 11.4. The summed E-state index contributed by atoms with van der Waals surface area (Å²) in [5, 5.41) is 5.98. The van der Waals surface area contributed by atoms with Gasteiger partial charge in [-0.3, -0.25) is 4.79 Å². The van der Waals surface area contributed by atoms with E-state index in [1.807, 2.05) is 17.5 Å². The van der Waals surface area contributed by atoms with Gasteiger partial charge in [0.15, 0.2) is 0 Å². The van der Waals surface area contributed by atoms with E-state index in [9.17, 15) is 4.79 Å². The van der Waals surface area contributed by atoms with E-state index in [1.165, 1.54) is 21.8 Å². The van der Waals surface area contributed by atoms with Gasteiger partial charge < -0.3 is 5.73 Å². The van der Waals surface area contributed by atoms with Crippen LogP contribution in [0.2, 0.25) is 0 Å². The molecule has 0 radical (unpaired) electrons. The highest BCUT2D eigenvalue weighted by molar-refractivity contribution is 7.09. The number of rotatable bonds is 3. The van der Waals surface area contributed by atoms with Gasteiger partial charge in [0.25, 0.3) is 5.56 Å². The summed E-state index contributed by atoms with van der Waals surface area (Å²) < 4.78 is 1.43. The van der Waals surface area contributed by atoms with Gasteiger partial charge in [0.1, 0.15) is 0 Å². The molecular weight excluding hydrogens is 210 g/mol. The number of nitrogen functional groups attached to an aromatic ring is 1. The molecule has 0 saturated carbocycles. The van der Waals surface area contributed by atoms with Crippen molar-refractivity contribution in [2.75, 3.05) is 5.73 Å². The zero-order valence-corrected chi connectivity index (χ0v) is 8.91. The molecule has 0 aliphatic carbocycles. The highest BCUT2D eigenvalue weighted by Gasteiger charge is 1.99. The molecule has 2 heterocycles. The lowest BCUT2D eigenvalue weighted by atomic mass is 10.3. The van der Waals surface area contributed by atoms with Gasteiger partial charge in [0.05, 0.1) is 11.9 Å². The molecule has 0 aliphatic heterocycles. The van der Waals surface area contributed by atoms with Gasteiger partial charge in [-0.1, -0.05) is 6.07 Å². The van der Waals surface area contributed by atoms with E-state index in [0.717, 1.165) is 6.42 Å². The smallest absolute Gasteiger partial charge is 0.268 e. The van der Waals surface area contributed by atoms with Crippen LogP contribution in [0.4, 0.5) is 5.69 Å². The SMILES string of the molecule is Nc1cnn(CCc2cccs2)c(=O)c1. The molecule has 0 atom stereocenters. The third-order valence-corrected chi connectivity index (χ3v) is 2.98. The predicted molar refractivity (Wildman–Crippen MR) is 60.9 cm³/mol. The van der Waals surface area contributed by atoms with Gasteiger partial charge in [-0.15, -0.1) is 11.3 Å². The molecule has 15 heavy (non-hydrogen) atoms. The highest BCUT2D eigenvalue weighted by atomic mass is 32.1. The fourth-order valence-corrected chi connectivity index (χ4v) is 1.98. The van der Waals surface area contributed by atoms with Crippen molar-refractivity contribution in [3.8, 4) is 0 Å². The fourth-order valence-electron chi connectivity index (χ4n) is 1.29. The van der Waals surface area contributed by atoms with Crippen LogP contribution >= 0.6 is 11.3 Å². The van der Waals surface area contributed by atoms with Crippen molar-refractivity contribution in [1.29, 1.82) is 0 Å². The topological polar surface area (TPSA) is 60.9 Å². The third kappa shape index (κ3) is 2.44. The zero-order chi connectivity index (χ0) is 10.7. The summed E-state index contributed by atoms with van der Waals surface area (Å²) in [7, 11) is 0. The molecule has 2 aromatic rings. The average molecular weight is 221 g/mol. The van der Waals surface area contributed by atoms with Crippen LogP contribution in [-0.4, -0.2) is 9.78 Å². The van der Waals surface area contributed by atoms with Crippen molar-refractivity contribution >= 4 is 17.0 Å². The average Bonchev–Trinajstić information content (AvgIpc) is 2.69. The Hall–Kier alpha value is -1.62. The van der Waals surface area contributed by atoms with Gasteiger partial charge in [0.2, 0.25) is 0 Å². The molecule has 0 fully saturated rings. The minimum absolute atomic E-state index is 0.147. The Morgan fingerprint density at radius 3 is 3.07 bits per heavy atom. The van der Waals surface area contributed by atoms with E-state index in [4.69, 9.17) is 5.73 Å². The Kier molecular flexibility index (Phi) is 2.82. The van der Waals surface area contributed by atoms with Crippen molar-refractivity contribution in [1.82, 2.24) is 9.78 Å². The monoisotopic (exact) mass is 221 g/mol. The van der Waals surface area contributed by atoms with Crippen LogP contribution in [0, 0.1) is 0 Å². The second-order valence-electron chi connectivity index (χ2n) is 3.18. The van der Waals surface area contributed by atoms with Crippen LogP contribution in [0.1, 0.15) is 4.88 Å². The van der Waals surface area contributed by atoms with E-state index in [1.54, 1.807) is 11.3 Å². The Bertz CT molecular complexity index is 490. The summed E-state index contributed by atoms with van der Waals surface area (Å²) in [4.78, 5) is 12.7. The van der Waals surface area contributed by atoms with Crippen molar-refractivity contribution in [2.45, 2.75) is 13.0 Å². The van der Waals surface area contributed by atoms with Gasteiger partial charge >= 0.3 is 0 Å². The molecule has 0 amide bonds. The first-order valence-electron chi connectivity index (χ1n) is 4.61. The zero-order valence-electron chi connectivity index (χ0n) is 8.09. The minimum atomic E-state index is -0.147. The molecule has 78 valence electrons. The summed E-state index contributed by atoms with van der Waals surface area (Å²) in [6, 6.07) is 5.44. The molecule has 5 heteroatoms. The van der Waals surface area contributed by atoms with Gasteiger partial charge in [0, 0.05) is 23.9 Å². The number of anilines is 1. The molecule has 2 aromatic heterocycles. The molecule has 0 spiro atoms. The summed E-state index contributed by atoms with van der Waals surface area (Å²) in [5.41, 5.74) is 5.71. The first-order valence-corrected chi connectivity index (χ1v) is 5.49. The normalized spacial score (nSPS) is 10.4. The van der Waals surface area contributed by atoms with Crippen LogP contribution in [0.5, 0.6) is 0 Å². The summed E-state index contributed by atoms with van der Waals surface area (Å²) >= 11 is 1.68. The van der Waals surface area contributed by atoms with Crippen LogP contribution in [-0.2, 0) is 13.0 Å². The van der Waals surface area contributed by atoms with E-state index in [0.29, 0.717) is 12.2 Å². The number of hydrogen-bond donors (Lipinski definition) is 1. The molecule has 2 rings (SSSR count). The van der Waals surface area contributed by atoms with Crippen molar-refractivity contribution in [2.24, 2.45) is 0 Å². The first kappa shape index (κ1) is 9.92. The lowest BCUT2D eigenvalue weighted by Gasteiger charge is -2.02. The van der Waals surface area contributed by atoms with Crippen molar-refractivity contribution in [3.63, 3.8) is 0 Å². The highest BCUT2D eigenvalue weighted by Crippen LogP contribution is 2.09. The van der Waals surface area contributed by atoms with Crippen LogP contribution in [0.15, 0.2) is 34.6 Å². The van der Waals surface area contributed by atoms with E-state index < -0.39 is 0 Å². The summed E-state index contributed by atoms with van der Waals surface area (Å²) in [6.45, 7) is 0.597. The maximum Gasteiger partial charge on any atom is 0.268 e. The van der Waals surface area contributed by atoms with Crippen LogP contribution in [0.3, 0.4) is 0 Å². The second kappa shape index (κ2) is 4.27. The summed E-state index contributed by atoms with van der Waals surface area (Å²) in [5.74, 6) is 0. The molecule has 2 N–H and O–H groups in total. The number of nitrogens with two attached hydrogens (primary N) is 1. The molecule has 0 aliphatic rings. The Morgan fingerprint density at radius 2 is 2.40 bits per heavy atom. The van der Waals surface area contributed by atoms with Gasteiger partial charge in [-0.05, 0) is 11.4 Å². The molecular formula is C10H11N3OS. The molecule has 0 saturated heterocycles. The van der Waals surface area contributed by atoms with Gasteiger partial charge in [-0.25, -0.2) is 4.68 Å². The van der Waals surface area contributed by atoms with E-state index >= 15 is 0 Å². The quantitative estimate of drug-likeness (QED) is 0.845. The Labute approximate surface area is 91.0 Å². The number of nitrogens with zero attached hydrogens (tertiary/aromatic N) is 2. The fraction of sp³-hybridized carbons (Fsp3) is 0.200. The predicted octanol–water partition coefficient (Wildman–Crippen LogP) is 1.13. The second-order valence-corrected chi connectivity index (χ2v) is 4.21. The van der Waals surface area contributed by atoms with Gasteiger partial charge in [-0.2, -0.15) is 5.10 Å². The lowest BCUT2D eigenvalue weighted by molar-refractivity contribution is 0.582. The number of hydrogen-bond acceptors (Lipinski definition) is 4. The van der Waals surface area contributed by atoms with E-state index in [-0.39, 0.29) is 5.56 Å². The standard InChI is InChI=1S/C10H11N3OS/c11-8-6-10(14)13(12-7-8)4-3-9-2-1-5-15-9/h1-2,5-7H,3-4,11H2. The first-order chi connectivity index (χ1) is 7.25.